The van der Waals surface area contributed by atoms with Gasteiger partial charge in [0.1, 0.15) is 12.1 Å². The molecule has 25 heavy (non-hydrogen) atoms. The minimum Gasteiger partial charge on any atom is -0.324 e. The number of benzene rings is 1. The molecule has 0 aromatic heterocycles. The zero-order valence-corrected chi connectivity index (χ0v) is 17.1. The number of rotatable bonds is 6. The van der Waals surface area contributed by atoms with E-state index >= 15 is 0 Å². The van der Waals surface area contributed by atoms with Gasteiger partial charge in [-0.1, -0.05) is 13.8 Å². The molecule has 0 bridgehead atoms. The zero-order chi connectivity index (χ0) is 18.8. The van der Waals surface area contributed by atoms with Crippen molar-refractivity contribution in [3.05, 3.63) is 27.3 Å². The minimum absolute atomic E-state index is 0.284. The van der Waals surface area contributed by atoms with Crippen LogP contribution >= 0.6 is 22.6 Å². The van der Waals surface area contributed by atoms with Gasteiger partial charge in [-0.3, -0.25) is 14.5 Å². The molecule has 7 heteroatoms. The normalized spacial score (nSPS) is 20.2. The molecule has 1 aromatic rings. The molecule has 1 atom stereocenters. The van der Waals surface area contributed by atoms with E-state index in [1.807, 2.05) is 25.1 Å². The monoisotopic (exact) mass is 457 g/mol. The second kappa shape index (κ2) is 7.72. The summed E-state index contributed by atoms with van der Waals surface area (Å²) in [6.45, 7) is 7.47. The van der Waals surface area contributed by atoms with Crippen molar-refractivity contribution in [2.24, 2.45) is 5.92 Å². The van der Waals surface area contributed by atoms with Gasteiger partial charge in [0.05, 0.1) is 0 Å². The Labute approximate surface area is 161 Å². The highest BCUT2D eigenvalue weighted by molar-refractivity contribution is 14.1. The van der Waals surface area contributed by atoms with E-state index in [9.17, 15) is 14.4 Å². The van der Waals surface area contributed by atoms with E-state index < -0.39 is 11.6 Å². The van der Waals surface area contributed by atoms with Crippen LogP contribution in [0.1, 0.15) is 39.2 Å². The maximum Gasteiger partial charge on any atom is 0.325 e. The standard InChI is InChI=1S/C18H24IN3O3/c1-11(2)7-8-18(4)16(24)22(17(25)21-18)10-15(23)20-14-6-5-13(19)9-12(14)3/h5-6,9,11H,7-8,10H2,1-4H3,(H,20,23)(H,21,25)/t18-/m0/s1. The van der Waals surface area contributed by atoms with Gasteiger partial charge in [0.25, 0.3) is 5.91 Å². The van der Waals surface area contributed by atoms with Crippen LogP contribution in [0.3, 0.4) is 0 Å². The van der Waals surface area contributed by atoms with Gasteiger partial charge in [0.15, 0.2) is 0 Å². The number of hydrogen-bond acceptors (Lipinski definition) is 3. The molecule has 1 saturated heterocycles. The van der Waals surface area contributed by atoms with Crippen molar-refractivity contribution in [3.8, 4) is 0 Å². The second-order valence-corrected chi connectivity index (χ2v) is 8.34. The molecule has 2 N–H and O–H groups in total. The van der Waals surface area contributed by atoms with Crippen molar-refractivity contribution < 1.29 is 14.4 Å². The molecule has 0 aliphatic carbocycles. The van der Waals surface area contributed by atoms with Crippen molar-refractivity contribution in [1.29, 1.82) is 0 Å². The highest BCUT2D eigenvalue weighted by atomic mass is 127. The number of anilines is 1. The first-order chi connectivity index (χ1) is 11.6. The van der Waals surface area contributed by atoms with Crippen molar-refractivity contribution in [1.82, 2.24) is 10.2 Å². The van der Waals surface area contributed by atoms with Crippen molar-refractivity contribution in [3.63, 3.8) is 0 Å². The number of hydrogen-bond donors (Lipinski definition) is 2. The van der Waals surface area contributed by atoms with Gasteiger partial charge in [0, 0.05) is 9.26 Å². The van der Waals surface area contributed by atoms with Gasteiger partial charge in [-0.15, -0.1) is 0 Å². The van der Waals surface area contributed by atoms with E-state index in [0.717, 1.165) is 20.5 Å². The van der Waals surface area contributed by atoms with Crippen LogP contribution in [-0.4, -0.2) is 34.8 Å². The zero-order valence-electron chi connectivity index (χ0n) is 15.0. The maximum atomic E-state index is 12.6. The van der Waals surface area contributed by atoms with Crippen LogP contribution < -0.4 is 10.6 Å². The number of urea groups is 1. The summed E-state index contributed by atoms with van der Waals surface area (Å²) in [4.78, 5) is 38.1. The fourth-order valence-electron chi connectivity index (χ4n) is 2.74. The lowest BCUT2D eigenvalue weighted by atomic mass is 9.92. The Morgan fingerprint density at radius 2 is 2.04 bits per heavy atom. The molecule has 0 radical (unpaired) electrons. The first-order valence-corrected chi connectivity index (χ1v) is 9.40. The van der Waals surface area contributed by atoms with Gasteiger partial charge in [0.2, 0.25) is 5.91 Å². The number of halogens is 1. The Morgan fingerprint density at radius 1 is 1.36 bits per heavy atom. The Morgan fingerprint density at radius 3 is 2.64 bits per heavy atom. The predicted molar refractivity (Wildman–Crippen MR) is 105 cm³/mol. The fraction of sp³-hybridized carbons (Fsp3) is 0.500. The van der Waals surface area contributed by atoms with Crippen LogP contribution in [0.15, 0.2) is 18.2 Å². The van der Waals surface area contributed by atoms with E-state index in [2.05, 4.69) is 47.1 Å². The van der Waals surface area contributed by atoms with Crippen molar-refractivity contribution in [2.45, 2.75) is 46.1 Å². The minimum atomic E-state index is -0.930. The Hall–Kier alpha value is -1.64. The summed E-state index contributed by atoms with van der Waals surface area (Å²) in [6.07, 6.45) is 1.38. The number of carbonyl (C=O) groups excluding carboxylic acids is 3. The molecule has 1 aliphatic heterocycles. The molecule has 1 heterocycles. The van der Waals surface area contributed by atoms with Gasteiger partial charge in [-0.25, -0.2) is 4.79 Å². The summed E-state index contributed by atoms with van der Waals surface area (Å²) in [5.41, 5.74) is 0.680. The lowest BCUT2D eigenvalue weighted by molar-refractivity contribution is -0.133. The number of nitrogens with zero attached hydrogens (tertiary/aromatic N) is 1. The number of amides is 4. The van der Waals surface area contributed by atoms with Gasteiger partial charge >= 0.3 is 6.03 Å². The molecular formula is C18H24IN3O3. The number of aryl methyl sites for hydroxylation is 1. The summed E-state index contributed by atoms with van der Waals surface area (Å²) in [7, 11) is 0. The summed E-state index contributed by atoms with van der Waals surface area (Å²) < 4.78 is 1.07. The molecule has 0 saturated carbocycles. The number of carbonyl (C=O) groups is 3. The third-order valence-corrected chi connectivity index (χ3v) is 5.00. The Bertz CT molecular complexity index is 705. The smallest absolute Gasteiger partial charge is 0.324 e. The first-order valence-electron chi connectivity index (χ1n) is 8.32. The maximum absolute atomic E-state index is 12.6. The SMILES string of the molecule is Cc1cc(I)ccc1NC(=O)CN1C(=O)N[C@@](C)(CCC(C)C)C1=O. The van der Waals surface area contributed by atoms with Gasteiger partial charge in [-0.05, 0) is 79.0 Å². The summed E-state index contributed by atoms with van der Waals surface area (Å²) in [6, 6.07) is 5.14. The molecule has 1 aromatic carbocycles. The van der Waals surface area contributed by atoms with Crippen LogP contribution in [0, 0.1) is 16.4 Å². The van der Waals surface area contributed by atoms with E-state index in [-0.39, 0.29) is 18.4 Å². The molecule has 0 spiro atoms. The summed E-state index contributed by atoms with van der Waals surface area (Å²) in [5, 5.41) is 5.50. The first kappa shape index (κ1) is 19.7. The van der Waals surface area contributed by atoms with Crippen LogP contribution in [-0.2, 0) is 9.59 Å². The highest BCUT2D eigenvalue weighted by Gasteiger charge is 2.47. The topological polar surface area (TPSA) is 78.5 Å². The van der Waals surface area contributed by atoms with Crippen LogP contribution in [0.5, 0.6) is 0 Å². The van der Waals surface area contributed by atoms with Crippen LogP contribution in [0.25, 0.3) is 0 Å². The lowest BCUT2D eigenvalue weighted by Gasteiger charge is -2.22. The molecule has 136 valence electrons. The average molecular weight is 457 g/mol. The lowest BCUT2D eigenvalue weighted by Crippen LogP contribution is -2.44. The van der Waals surface area contributed by atoms with E-state index in [1.165, 1.54) is 0 Å². The molecular weight excluding hydrogens is 433 g/mol. The third kappa shape index (κ3) is 4.71. The van der Waals surface area contributed by atoms with Gasteiger partial charge < -0.3 is 10.6 Å². The molecule has 4 amide bonds. The number of nitrogens with one attached hydrogen (secondary N) is 2. The largest absolute Gasteiger partial charge is 0.325 e. The molecule has 1 fully saturated rings. The predicted octanol–water partition coefficient (Wildman–Crippen LogP) is 3.28. The van der Waals surface area contributed by atoms with Crippen LogP contribution in [0.4, 0.5) is 10.5 Å². The van der Waals surface area contributed by atoms with E-state index in [1.54, 1.807) is 6.92 Å². The van der Waals surface area contributed by atoms with Crippen molar-refractivity contribution in [2.75, 3.05) is 11.9 Å². The summed E-state index contributed by atoms with van der Waals surface area (Å²) in [5.74, 6) is -0.295. The second-order valence-electron chi connectivity index (χ2n) is 7.09. The molecule has 1 aliphatic rings. The average Bonchev–Trinajstić information content (AvgIpc) is 2.72. The highest BCUT2D eigenvalue weighted by Crippen LogP contribution is 2.25. The van der Waals surface area contributed by atoms with E-state index in [0.29, 0.717) is 18.0 Å². The summed E-state index contributed by atoms with van der Waals surface area (Å²) >= 11 is 2.20. The van der Waals surface area contributed by atoms with Gasteiger partial charge in [-0.2, -0.15) is 0 Å². The van der Waals surface area contributed by atoms with E-state index in [4.69, 9.17) is 0 Å². The quantitative estimate of drug-likeness (QED) is 0.509. The Kier molecular flexibility index (Phi) is 6.08. The fourth-order valence-corrected chi connectivity index (χ4v) is 3.39. The molecule has 0 unspecified atom stereocenters. The Balaban J connectivity index is 2.03. The molecule has 2 rings (SSSR count). The van der Waals surface area contributed by atoms with Crippen LogP contribution in [0.2, 0.25) is 0 Å². The molecule has 6 nitrogen and oxygen atoms in total. The third-order valence-electron chi connectivity index (χ3n) is 4.33. The van der Waals surface area contributed by atoms with Crippen molar-refractivity contribution >= 4 is 46.1 Å². The number of imide groups is 1.